The van der Waals surface area contributed by atoms with Crippen molar-refractivity contribution in [1.82, 2.24) is 0 Å². The molecule has 0 spiro atoms. The minimum atomic E-state index is 0.657. The summed E-state index contributed by atoms with van der Waals surface area (Å²) in [5.74, 6) is 2.91. The van der Waals surface area contributed by atoms with E-state index in [-0.39, 0.29) is 0 Å². The Labute approximate surface area is 59.0 Å². The molecular formula is C9H16. The maximum absolute atomic E-state index is 4.60. The van der Waals surface area contributed by atoms with E-state index in [9.17, 15) is 0 Å². The van der Waals surface area contributed by atoms with Gasteiger partial charge in [-0.15, -0.1) is 12.3 Å². The summed E-state index contributed by atoms with van der Waals surface area (Å²) in [6, 6.07) is 0. The summed E-state index contributed by atoms with van der Waals surface area (Å²) in [7, 11) is 0. The summed E-state index contributed by atoms with van der Waals surface area (Å²) in [4.78, 5) is 0. The van der Waals surface area contributed by atoms with Crippen LogP contribution in [-0.2, 0) is 0 Å². The summed E-state index contributed by atoms with van der Waals surface area (Å²) in [6.45, 7) is 11.7. The van der Waals surface area contributed by atoms with Crippen LogP contribution in [0.2, 0.25) is 0 Å². The lowest BCUT2D eigenvalue weighted by Crippen LogP contribution is -1.83. The Morgan fingerprint density at radius 2 is 1.67 bits per heavy atom. The minimum Gasteiger partial charge on any atom is -0.120 e. The van der Waals surface area contributed by atoms with Crippen molar-refractivity contribution in [3.05, 3.63) is 12.2 Å². The second-order valence-corrected chi connectivity index (χ2v) is 2.29. The largest absolute Gasteiger partial charge is 0.120 e. The summed E-state index contributed by atoms with van der Waals surface area (Å²) in [5.41, 5.74) is 1.26. The summed E-state index contributed by atoms with van der Waals surface area (Å²) < 4.78 is 0. The van der Waals surface area contributed by atoms with Crippen LogP contribution in [0.5, 0.6) is 0 Å². The van der Waals surface area contributed by atoms with Crippen molar-refractivity contribution in [2.24, 2.45) is 5.92 Å². The van der Waals surface area contributed by atoms with E-state index in [1.54, 1.807) is 6.92 Å². The van der Waals surface area contributed by atoms with Crippen LogP contribution in [0.15, 0.2) is 12.2 Å². The van der Waals surface area contributed by atoms with Gasteiger partial charge in [0.1, 0.15) is 0 Å². The van der Waals surface area contributed by atoms with Crippen molar-refractivity contribution in [3.63, 3.8) is 0 Å². The van der Waals surface area contributed by atoms with Gasteiger partial charge in [-0.25, -0.2) is 0 Å². The zero-order valence-electron chi connectivity index (χ0n) is 6.86. The molecule has 9 heavy (non-hydrogen) atoms. The Balaban J connectivity index is 0. The molecule has 0 amide bonds. The molecule has 0 fully saturated rings. The SMILES string of the molecule is C#CC.C=C(C)C(C)C. The molecule has 0 aliphatic heterocycles. The highest BCUT2D eigenvalue weighted by atomic mass is 13.9. The van der Waals surface area contributed by atoms with E-state index in [4.69, 9.17) is 0 Å². The zero-order chi connectivity index (χ0) is 7.86. The quantitative estimate of drug-likeness (QED) is 0.372. The maximum Gasteiger partial charge on any atom is -0.00297 e. The van der Waals surface area contributed by atoms with Gasteiger partial charge in [0, 0.05) is 0 Å². The molecule has 0 aliphatic carbocycles. The Morgan fingerprint density at radius 1 is 1.56 bits per heavy atom. The normalized spacial score (nSPS) is 7.11. The number of rotatable bonds is 1. The fraction of sp³-hybridized carbons (Fsp3) is 0.556. The summed E-state index contributed by atoms with van der Waals surface area (Å²) >= 11 is 0. The van der Waals surface area contributed by atoms with Crippen LogP contribution in [0.3, 0.4) is 0 Å². The molecule has 0 radical (unpaired) electrons. The molecule has 0 saturated carbocycles. The van der Waals surface area contributed by atoms with E-state index in [1.165, 1.54) is 5.57 Å². The number of terminal acetylenes is 1. The predicted octanol–water partition coefficient (Wildman–Crippen LogP) is 2.86. The lowest BCUT2D eigenvalue weighted by molar-refractivity contribution is 0.773. The molecule has 0 heteroatoms. The molecule has 0 aromatic rings. The first kappa shape index (κ1) is 11.1. The monoisotopic (exact) mass is 124 g/mol. The van der Waals surface area contributed by atoms with Gasteiger partial charge in [0.2, 0.25) is 0 Å². The van der Waals surface area contributed by atoms with Crippen LogP contribution < -0.4 is 0 Å². The molecule has 0 aromatic heterocycles. The first-order chi connectivity index (χ1) is 4.06. The highest BCUT2D eigenvalue weighted by molar-refractivity contribution is 4.90. The Kier molecular flexibility index (Phi) is 9.04. The van der Waals surface area contributed by atoms with E-state index in [2.05, 4.69) is 32.8 Å². The van der Waals surface area contributed by atoms with Crippen LogP contribution in [0.25, 0.3) is 0 Å². The topological polar surface area (TPSA) is 0 Å². The van der Waals surface area contributed by atoms with Gasteiger partial charge in [0.05, 0.1) is 0 Å². The van der Waals surface area contributed by atoms with Crippen LogP contribution >= 0.6 is 0 Å². The summed E-state index contributed by atoms with van der Waals surface area (Å²) in [6.07, 6.45) is 4.60. The second-order valence-electron chi connectivity index (χ2n) is 2.29. The molecule has 0 aromatic carbocycles. The van der Waals surface area contributed by atoms with Gasteiger partial charge in [-0.05, 0) is 19.8 Å². The third-order valence-corrected chi connectivity index (χ3v) is 0.986. The molecule has 0 saturated heterocycles. The minimum absolute atomic E-state index is 0.657. The van der Waals surface area contributed by atoms with E-state index >= 15 is 0 Å². The van der Waals surface area contributed by atoms with Crippen molar-refractivity contribution in [2.75, 3.05) is 0 Å². The van der Waals surface area contributed by atoms with Crippen molar-refractivity contribution >= 4 is 0 Å². The molecule has 0 aliphatic rings. The Morgan fingerprint density at radius 3 is 1.67 bits per heavy atom. The van der Waals surface area contributed by atoms with Gasteiger partial charge in [0.25, 0.3) is 0 Å². The van der Waals surface area contributed by atoms with Crippen molar-refractivity contribution in [2.45, 2.75) is 27.7 Å². The first-order valence-electron chi connectivity index (χ1n) is 3.09. The maximum atomic E-state index is 4.60. The molecule has 0 N–H and O–H groups in total. The van der Waals surface area contributed by atoms with Crippen molar-refractivity contribution in [1.29, 1.82) is 0 Å². The average molecular weight is 124 g/mol. The molecule has 0 nitrogen and oxygen atoms in total. The number of hydrogen-bond donors (Lipinski definition) is 0. The van der Waals surface area contributed by atoms with Crippen LogP contribution in [0, 0.1) is 18.3 Å². The van der Waals surface area contributed by atoms with Crippen molar-refractivity contribution in [3.8, 4) is 12.3 Å². The Bertz CT molecular complexity index is 102. The lowest BCUT2D eigenvalue weighted by Gasteiger charge is -1.97. The van der Waals surface area contributed by atoms with Crippen LogP contribution in [0.4, 0.5) is 0 Å². The standard InChI is InChI=1S/C6H12.C3H4/c1-5(2)6(3)4;1-3-2/h6H,1H2,2-4H3;1H,2H3. The van der Waals surface area contributed by atoms with Crippen LogP contribution in [0.1, 0.15) is 27.7 Å². The van der Waals surface area contributed by atoms with Gasteiger partial charge in [-0.1, -0.05) is 26.0 Å². The molecular weight excluding hydrogens is 108 g/mol. The van der Waals surface area contributed by atoms with Gasteiger partial charge in [0.15, 0.2) is 0 Å². The first-order valence-corrected chi connectivity index (χ1v) is 3.09. The fourth-order valence-corrected chi connectivity index (χ4v) is 0. The molecule has 0 heterocycles. The Hall–Kier alpha value is -0.700. The second kappa shape index (κ2) is 7.30. The third kappa shape index (κ3) is 18.8. The smallest absolute Gasteiger partial charge is 0.00297 e. The number of hydrogen-bond acceptors (Lipinski definition) is 0. The van der Waals surface area contributed by atoms with Crippen LogP contribution in [-0.4, -0.2) is 0 Å². The van der Waals surface area contributed by atoms with Gasteiger partial charge < -0.3 is 0 Å². The van der Waals surface area contributed by atoms with E-state index in [0.717, 1.165) is 0 Å². The molecule has 0 unspecified atom stereocenters. The average Bonchev–Trinajstić information content (AvgIpc) is 1.68. The van der Waals surface area contributed by atoms with E-state index < -0.39 is 0 Å². The van der Waals surface area contributed by atoms with Crippen molar-refractivity contribution < 1.29 is 0 Å². The lowest BCUT2D eigenvalue weighted by atomic mass is 10.1. The van der Waals surface area contributed by atoms with Gasteiger partial charge >= 0.3 is 0 Å². The van der Waals surface area contributed by atoms with Gasteiger partial charge in [-0.2, -0.15) is 0 Å². The highest BCUT2D eigenvalue weighted by Gasteiger charge is 1.87. The predicted molar refractivity (Wildman–Crippen MR) is 44.2 cm³/mol. The van der Waals surface area contributed by atoms with Gasteiger partial charge in [-0.3, -0.25) is 0 Å². The molecule has 0 bridgehead atoms. The number of allylic oxidation sites excluding steroid dienone is 1. The van der Waals surface area contributed by atoms with E-state index in [1.807, 2.05) is 6.92 Å². The van der Waals surface area contributed by atoms with E-state index in [0.29, 0.717) is 5.92 Å². The third-order valence-electron chi connectivity index (χ3n) is 0.986. The summed E-state index contributed by atoms with van der Waals surface area (Å²) in [5, 5.41) is 0. The molecule has 0 atom stereocenters. The fourth-order valence-electron chi connectivity index (χ4n) is 0. The molecule has 52 valence electrons. The highest BCUT2D eigenvalue weighted by Crippen LogP contribution is 2.02. The zero-order valence-corrected chi connectivity index (χ0v) is 6.86. The molecule has 0 rings (SSSR count).